The van der Waals surface area contributed by atoms with Gasteiger partial charge in [-0.25, -0.2) is 12.8 Å². The molecule has 2 aromatic carbocycles. The lowest BCUT2D eigenvalue weighted by molar-refractivity contribution is -0.119. The maximum absolute atomic E-state index is 12.9. The Hall–Kier alpha value is -2.45. The highest BCUT2D eigenvalue weighted by Gasteiger charge is 2.18. The van der Waals surface area contributed by atoms with E-state index in [4.69, 9.17) is 4.74 Å². The molecule has 0 aliphatic rings. The number of amides is 1. The number of sulfonamides is 1. The van der Waals surface area contributed by atoms with Crippen LogP contribution >= 0.6 is 0 Å². The van der Waals surface area contributed by atoms with E-state index < -0.39 is 21.7 Å². The molecular weight excluding hydrogens is 335 g/mol. The number of carbonyl (C=O) groups excluding carboxylic acids is 1. The van der Waals surface area contributed by atoms with Gasteiger partial charge < -0.3 is 10.1 Å². The minimum Gasteiger partial charge on any atom is -0.375 e. The van der Waals surface area contributed by atoms with Crippen molar-refractivity contribution in [2.75, 3.05) is 23.8 Å². The first kappa shape index (κ1) is 17.9. The van der Waals surface area contributed by atoms with Gasteiger partial charge in [-0.2, -0.15) is 0 Å². The molecule has 2 aromatic rings. The molecule has 0 heterocycles. The summed E-state index contributed by atoms with van der Waals surface area (Å²) >= 11 is 0. The molecule has 2 rings (SSSR count). The molecule has 0 unspecified atom stereocenters. The van der Waals surface area contributed by atoms with Gasteiger partial charge in [-0.15, -0.1) is 0 Å². The molecule has 1 amide bonds. The van der Waals surface area contributed by atoms with Crippen LogP contribution in [0.1, 0.15) is 5.56 Å². The van der Waals surface area contributed by atoms with Crippen LogP contribution in [-0.2, 0) is 19.6 Å². The molecule has 0 radical (unpaired) electrons. The molecule has 0 aliphatic heterocycles. The van der Waals surface area contributed by atoms with Crippen LogP contribution in [0.5, 0.6) is 0 Å². The highest BCUT2D eigenvalue weighted by molar-refractivity contribution is 7.92. The third kappa shape index (κ3) is 4.53. The van der Waals surface area contributed by atoms with Crippen LogP contribution in [0.15, 0.2) is 47.4 Å². The Labute approximate surface area is 139 Å². The van der Waals surface area contributed by atoms with Crippen LogP contribution in [0.3, 0.4) is 0 Å². The number of rotatable bonds is 6. The molecule has 0 aliphatic carbocycles. The van der Waals surface area contributed by atoms with E-state index in [1.807, 2.05) is 0 Å². The number of hydrogen-bond acceptors (Lipinski definition) is 4. The van der Waals surface area contributed by atoms with Crippen molar-refractivity contribution in [3.63, 3.8) is 0 Å². The van der Waals surface area contributed by atoms with E-state index in [1.165, 1.54) is 25.3 Å². The smallest absolute Gasteiger partial charge is 0.262 e. The van der Waals surface area contributed by atoms with Crippen LogP contribution in [0.25, 0.3) is 0 Å². The van der Waals surface area contributed by atoms with E-state index in [-0.39, 0.29) is 17.2 Å². The number of hydrogen-bond donors (Lipinski definition) is 2. The summed E-state index contributed by atoms with van der Waals surface area (Å²) in [5, 5.41) is 2.55. The number of nitrogens with one attached hydrogen (secondary N) is 2. The van der Waals surface area contributed by atoms with E-state index in [2.05, 4.69) is 10.0 Å². The third-order valence-corrected chi connectivity index (χ3v) is 4.66. The minimum atomic E-state index is -3.88. The summed E-state index contributed by atoms with van der Waals surface area (Å²) in [4.78, 5) is 11.6. The van der Waals surface area contributed by atoms with Gasteiger partial charge in [0.15, 0.2) is 0 Å². The van der Waals surface area contributed by atoms with Crippen LogP contribution in [-0.4, -0.2) is 28.0 Å². The standard InChI is InChI=1S/C16H17FN2O4S/c1-11-3-6-14(18-16(20)10-23-2)9-15(11)24(21,22)19-13-7-4-12(17)5-8-13/h3-9,19H,10H2,1-2H3,(H,18,20). The first-order valence-electron chi connectivity index (χ1n) is 6.99. The molecule has 0 atom stereocenters. The third-order valence-electron chi connectivity index (χ3n) is 3.13. The Kier molecular flexibility index (Phi) is 5.53. The van der Waals surface area contributed by atoms with Crippen LogP contribution < -0.4 is 10.0 Å². The fourth-order valence-electron chi connectivity index (χ4n) is 2.02. The molecule has 128 valence electrons. The van der Waals surface area contributed by atoms with Crippen molar-refractivity contribution in [1.29, 1.82) is 0 Å². The van der Waals surface area contributed by atoms with E-state index in [1.54, 1.807) is 19.1 Å². The molecule has 2 N–H and O–H groups in total. The number of ether oxygens (including phenoxy) is 1. The summed E-state index contributed by atoms with van der Waals surface area (Å²) in [6.45, 7) is 1.50. The van der Waals surface area contributed by atoms with Gasteiger partial charge in [-0.1, -0.05) is 6.07 Å². The number of benzene rings is 2. The molecule has 0 saturated carbocycles. The first-order valence-corrected chi connectivity index (χ1v) is 8.48. The van der Waals surface area contributed by atoms with Crippen molar-refractivity contribution in [3.8, 4) is 0 Å². The number of halogens is 1. The summed E-state index contributed by atoms with van der Waals surface area (Å²) in [7, 11) is -2.50. The Bertz CT molecular complexity index is 836. The highest BCUT2D eigenvalue weighted by atomic mass is 32.2. The molecule has 0 bridgehead atoms. The fourth-order valence-corrected chi connectivity index (χ4v) is 3.35. The van der Waals surface area contributed by atoms with Gasteiger partial charge in [0.2, 0.25) is 5.91 Å². The normalized spacial score (nSPS) is 11.1. The van der Waals surface area contributed by atoms with Crippen molar-refractivity contribution in [2.45, 2.75) is 11.8 Å². The summed E-state index contributed by atoms with van der Waals surface area (Å²) in [6.07, 6.45) is 0. The summed E-state index contributed by atoms with van der Waals surface area (Å²) in [5.74, 6) is -0.854. The molecule has 8 heteroatoms. The zero-order valence-corrected chi connectivity index (χ0v) is 14.0. The quantitative estimate of drug-likeness (QED) is 0.837. The molecule has 0 saturated heterocycles. The van der Waals surface area contributed by atoms with Crippen molar-refractivity contribution < 1.29 is 22.3 Å². The lowest BCUT2D eigenvalue weighted by Gasteiger charge is -2.12. The van der Waals surface area contributed by atoms with Crippen LogP contribution in [0.4, 0.5) is 15.8 Å². The predicted molar refractivity (Wildman–Crippen MR) is 88.9 cm³/mol. The van der Waals surface area contributed by atoms with E-state index in [9.17, 15) is 17.6 Å². The van der Waals surface area contributed by atoms with E-state index in [0.29, 0.717) is 11.3 Å². The molecular formula is C16H17FN2O4S. The van der Waals surface area contributed by atoms with Crippen LogP contribution in [0, 0.1) is 12.7 Å². The van der Waals surface area contributed by atoms with E-state index >= 15 is 0 Å². The Morgan fingerprint density at radius 3 is 2.38 bits per heavy atom. The number of aryl methyl sites for hydroxylation is 1. The van der Waals surface area contributed by atoms with Crippen molar-refractivity contribution in [1.82, 2.24) is 0 Å². The van der Waals surface area contributed by atoms with Gasteiger partial charge in [0.1, 0.15) is 12.4 Å². The Balaban J connectivity index is 2.28. The Morgan fingerprint density at radius 1 is 1.12 bits per heavy atom. The second-order valence-corrected chi connectivity index (χ2v) is 6.72. The van der Waals surface area contributed by atoms with Crippen molar-refractivity contribution in [2.24, 2.45) is 0 Å². The molecule has 0 spiro atoms. The van der Waals surface area contributed by atoms with E-state index in [0.717, 1.165) is 12.1 Å². The van der Waals surface area contributed by atoms with Gasteiger partial charge in [0.25, 0.3) is 10.0 Å². The van der Waals surface area contributed by atoms with Gasteiger partial charge in [-0.05, 0) is 48.9 Å². The maximum atomic E-state index is 12.9. The molecule has 6 nitrogen and oxygen atoms in total. The van der Waals surface area contributed by atoms with Crippen LogP contribution in [0.2, 0.25) is 0 Å². The Morgan fingerprint density at radius 2 is 1.75 bits per heavy atom. The van der Waals surface area contributed by atoms with Crippen molar-refractivity contribution in [3.05, 3.63) is 53.8 Å². The van der Waals surface area contributed by atoms with Gasteiger partial charge in [0.05, 0.1) is 4.90 Å². The average Bonchev–Trinajstić information content (AvgIpc) is 2.51. The molecule has 0 aromatic heterocycles. The molecule has 24 heavy (non-hydrogen) atoms. The zero-order valence-electron chi connectivity index (χ0n) is 13.2. The maximum Gasteiger partial charge on any atom is 0.262 e. The summed E-state index contributed by atoms with van der Waals surface area (Å²) < 4.78 is 45.1. The minimum absolute atomic E-state index is 0.0158. The number of methoxy groups -OCH3 is 1. The second-order valence-electron chi connectivity index (χ2n) is 5.07. The lowest BCUT2D eigenvalue weighted by Crippen LogP contribution is -2.18. The predicted octanol–water partition coefficient (Wildman–Crippen LogP) is 2.52. The number of carbonyl (C=O) groups is 1. The SMILES string of the molecule is COCC(=O)Nc1ccc(C)c(S(=O)(=O)Nc2ccc(F)cc2)c1. The van der Waals surface area contributed by atoms with Gasteiger partial charge >= 0.3 is 0 Å². The van der Waals surface area contributed by atoms with Gasteiger partial charge in [-0.3, -0.25) is 9.52 Å². The van der Waals surface area contributed by atoms with Gasteiger partial charge in [0, 0.05) is 18.5 Å². The average molecular weight is 352 g/mol. The summed E-state index contributed by atoms with van der Waals surface area (Å²) in [6, 6.07) is 9.51. The zero-order chi connectivity index (χ0) is 17.7. The first-order chi connectivity index (χ1) is 11.3. The van der Waals surface area contributed by atoms with Crippen molar-refractivity contribution >= 4 is 27.3 Å². The second kappa shape index (κ2) is 7.41. The topological polar surface area (TPSA) is 84.5 Å². The molecule has 0 fully saturated rings. The number of anilines is 2. The lowest BCUT2D eigenvalue weighted by atomic mass is 10.2. The fraction of sp³-hybridized carbons (Fsp3) is 0.188. The largest absolute Gasteiger partial charge is 0.375 e. The summed E-state index contributed by atoms with van der Waals surface area (Å²) in [5.41, 5.74) is 1.08. The highest BCUT2D eigenvalue weighted by Crippen LogP contribution is 2.23. The monoisotopic (exact) mass is 352 g/mol.